The Morgan fingerprint density at radius 1 is 1.09 bits per heavy atom. The van der Waals surface area contributed by atoms with Crippen LogP contribution in [0.3, 0.4) is 0 Å². The highest BCUT2D eigenvalue weighted by Gasteiger charge is 2.13. The van der Waals surface area contributed by atoms with E-state index in [1.165, 1.54) is 36.1 Å². The average molecular weight is 452 g/mol. The molecule has 2 heterocycles. The fraction of sp³-hybridized carbons (Fsp3) is 0.182. The molecule has 32 heavy (non-hydrogen) atoms. The Morgan fingerprint density at radius 3 is 2.50 bits per heavy atom. The van der Waals surface area contributed by atoms with Crippen LogP contribution in [0.25, 0.3) is 15.5 Å². The number of urea groups is 1. The first-order valence-electron chi connectivity index (χ1n) is 9.70. The molecule has 0 saturated carbocycles. The molecule has 0 bridgehead atoms. The van der Waals surface area contributed by atoms with Gasteiger partial charge in [-0.15, -0.1) is 0 Å². The number of aryl methyl sites for hydroxylation is 1. The molecule has 0 aliphatic heterocycles. The summed E-state index contributed by atoms with van der Waals surface area (Å²) < 4.78 is 11.7. The van der Waals surface area contributed by atoms with Crippen LogP contribution in [0.5, 0.6) is 11.5 Å². The van der Waals surface area contributed by atoms with Gasteiger partial charge in [-0.3, -0.25) is 4.79 Å². The Hall–Kier alpha value is -3.92. The Balaban J connectivity index is 1.49. The average Bonchev–Trinajstić information content (AvgIpc) is 3.22. The zero-order valence-corrected chi connectivity index (χ0v) is 18.5. The molecule has 0 aliphatic rings. The van der Waals surface area contributed by atoms with Gasteiger partial charge in [0.2, 0.25) is 4.96 Å². The van der Waals surface area contributed by atoms with Crippen LogP contribution in [-0.4, -0.2) is 34.8 Å². The second kappa shape index (κ2) is 9.06. The summed E-state index contributed by atoms with van der Waals surface area (Å²) in [7, 11) is 3.06. The van der Waals surface area contributed by atoms with Crippen molar-refractivity contribution in [3.63, 3.8) is 0 Å². The Morgan fingerprint density at radius 2 is 1.81 bits per heavy atom. The lowest BCUT2D eigenvalue weighted by atomic mass is 10.1. The summed E-state index contributed by atoms with van der Waals surface area (Å²) in [6.45, 7) is 2.07. The van der Waals surface area contributed by atoms with Gasteiger partial charge in [0.15, 0.2) is 0 Å². The van der Waals surface area contributed by atoms with Gasteiger partial charge < -0.3 is 20.1 Å². The molecule has 0 unspecified atom stereocenters. The van der Waals surface area contributed by atoms with E-state index in [1.807, 2.05) is 31.2 Å². The van der Waals surface area contributed by atoms with Crippen molar-refractivity contribution in [1.82, 2.24) is 19.9 Å². The van der Waals surface area contributed by atoms with Crippen molar-refractivity contribution >= 4 is 28.0 Å². The van der Waals surface area contributed by atoms with Crippen molar-refractivity contribution in [2.75, 3.05) is 19.5 Å². The van der Waals surface area contributed by atoms with Gasteiger partial charge in [-0.05, 0) is 12.5 Å². The molecule has 4 aromatic rings. The van der Waals surface area contributed by atoms with Crippen molar-refractivity contribution < 1.29 is 14.3 Å². The molecule has 0 fully saturated rings. The number of anilines is 1. The third-order valence-electron chi connectivity index (χ3n) is 4.71. The number of carbonyl (C=O) groups excluding carboxylic acids is 1. The molecule has 2 aromatic heterocycles. The van der Waals surface area contributed by atoms with Crippen LogP contribution in [0.15, 0.2) is 53.3 Å². The molecule has 9 nitrogen and oxygen atoms in total. The summed E-state index contributed by atoms with van der Waals surface area (Å²) in [5.74, 6) is 1.10. The second-order valence-corrected chi connectivity index (χ2v) is 7.87. The largest absolute Gasteiger partial charge is 0.497 e. The molecule has 0 aliphatic carbocycles. The van der Waals surface area contributed by atoms with Crippen LogP contribution < -0.4 is 25.7 Å². The maximum atomic E-state index is 12.5. The summed E-state index contributed by atoms with van der Waals surface area (Å²) in [4.78, 5) is 29.8. The number of methoxy groups -OCH3 is 2. The maximum absolute atomic E-state index is 12.5. The number of benzene rings is 2. The van der Waals surface area contributed by atoms with Crippen molar-refractivity contribution in [1.29, 1.82) is 0 Å². The molecular formula is C22H21N5O4S. The van der Waals surface area contributed by atoms with Gasteiger partial charge in [0.05, 0.1) is 26.5 Å². The van der Waals surface area contributed by atoms with E-state index in [0.717, 1.165) is 11.1 Å². The summed E-state index contributed by atoms with van der Waals surface area (Å²) in [6, 6.07) is 13.8. The van der Waals surface area contributed by atoms with Crippen LogP contribution in [0.4, 0.5) is 10.5 Å². The van der Waals surface area contributed by atoms with Crippen LogP contribution in [0, 0.1) is 6.92 Å². The lowest BCUT2D eigenvalue weighted by molar-refractivity contribution is 0.251. The second-order valence-electron chi connectivity index (χ2n) is 6.91. The van der Waals surface area contributed by atoms with Crippen LogP contribution in [0.2, 0.25) is 0 Å². The normalized spacial score (nSPS) is 10.7. The predicted molar refractivity (Wildman–Crippen MR) is 123 cm³/mol. The summed E-state index contributed by atoms with van der Waals surface area (Å²) in [5.41, 5.74) is 2.66. The molecule has 10 heteroatoms. The zero-order valence-electron chi connectivity index (χ0n) is 17.7. The molecule has 2 amide bonds. The van der Waals surface area contributed by atoms with Crippen molar-refractivity contribution in [2.45, 2.75) is 13.5 Å². The minimum Gasteiger partial charge on any atom is -0.497 e. The van der Waals surface area contributed by atoms with Gasteiger partial charge in [-0.25, -0.2) is 9.78 Å². The highest BCUT2D eigenvalue weighted by Crippen LogP contribution is 2.27. The van der Waals surface area contributed by atoms with Gasteiger partial charge >= 0.3 is 6.03 Å². The fourth-order valence-corrected chi connectivity index (χ4v) is 4.11. The number of nitrogens with zero attached hydrogens (tertiary/aromatic N) is 3. The highest BCUT2D eigenvalue weighted by molar-refractivity contribution is 7.19. The smallest absolute Gasteiger partial charge is 0.319 e. The van der Waals surface area contributed by atoms with Crippen molar-refractivity contribution in [2.24, 2.45) is 0 Å². The topological polar surface area (TPSA) is 107 Å². The zero-order chi connectivity index (χ0) is 22.7. The number of carbonyl (C=O) groups is 1. The Bertz CT molecular complexity index is 1330. The number of amides is 2. The number of hydrogen-bond acceptors (Lipinski definition) is 7. The lowest BCUT2D eigenvalue weighted by Gasteiger charge is -2.10. The van der Waals surface area contributed by atoms with E-state index in [-0.39, 0.29) is 12.1 Å². The van der Waals surface area contributed by atoms with E-state index in [9.17, 15) is 9.59 Å². The monoisotopic (exact) mass is 451 g/mol. The molecule has 2 N–H and O–H groups in total. The minimum atomic E-state index is -0.452. The van der Waals surface area contributed by atoms with E-state index in [1.54, 1.807) is 18.2 Å². The third-order valence-corrected chi connectivity index (χ3v) is 5.65. The standard InChI is InChI=1S/C22H21N5O4S/c1-13-6-4-5-7-18(13)20-26-27-19(28)10-15(25-22(27)32-20)12-23-21(29)24-14-8-16(30-2)11-17(9-14)31-3/h4-11H,12H2,1-3H3,(H2,23,24,29). The molecule has 0 radical (unpaired) electrons. The van der Waals surface area contributed by atoms with Gasteiger partial charge in [0.1, 0.15) is 16.5 Å². The first kappa shape index (κ1) is 21.3. The predicted octanol–water partition coefficient (Wildman–Crippen LogP) is 3.47. The first-order chi connectivity index (χ1) is 15.5. The summed E-state index contributed by atoms with van der Waals surface area (Å²) in [6.07, 6.45) is 0. The van der Waals surface area contributed by atoms with Crippen molar-refractivity contribution in [3.05, 3.63) is 70.1 Å². The maximum Gasteiger partial charge on any atom is 0.319 e. The number of nitrogens with one attached hydrogen (secondary N) is 2. The highest BCUT2D eigenvalue weighted by atomic mass is 32.1. The first-order valence-corrected chi connectivity index (χ1v) is 10.5. The summed E-state index contributed by atoms with van der Waals surface area (Å²) >= 11 is 1.32. The molecule has 2 aromatic carbocycles. The lowest BCUT2D eigenvalue weighted by Crippen LogP contribution is -2.29. The van der Waals surface area contributed by atoms with E-state index in [2.05, 4.69) is 20.7 Å². The van der Waals surface area contributed by atoms with Crippen molar-refractivity contribution in [3.8, 4) is 22.1 Å². The molecule has 0 saturated heterocycles. The Labute approximate surface area is 187 Å². The number of aromatic nitrogens is 3. The van der Waals surface area contributed by atoms with Gasteiger partial charge in [-0.2, -0.15) is 9.61 Å². The molecular weight excluding hydrogens is 430 g/mol. The van der Waals surface area contributed by atoms with E-state index >= 15 is 0 Å². The van der Waals surface area contributed by atoms with Gasteiger partial charge in [0.25, 0.3) is 5.56 Å². The minimum absolute atomic E-state index is 0.0796. The molecule has 164 valence electrons. The van der Waals surface area contributed by atoms with Crippen LogP contribution >= 0.6 is 11.3 Å². The number of fused-ring (bicyclic) bond motifs is 1. The third kappa shape index (κ3) is 4.54. The molecule has 4 rings (SSSR count). The molecule has 0 spiro atoms. The van der Waals surface area contributed by atoms with E-state index in [0.29, 0.717) is 32.8 Å². The number of ether oxygens (including phenoxy) is 2. The SMILES string of the molecule is COc1cc(NC(=O)NCc2cc(=O)n3nc(-c4ccccc4C)sc3n2)cc(OC)c1. The fourth-order valence-electron chi connectivity index (χ4n) is 3.09. The number of rotatable bonds is 6. The van der Waals surface area contributed by atoms with E-state index < -0.39 is 6.03 Å². The van der Waals surface area contributed by atoms with Gasteiger partial charge in [0, 0.05) is 35.5 Å². The van der Waals surface area contributed by atoms with Crippen LogP contribution in [-0.2, 0) is 6.54 Å². The van der Waals surface area contributed by atoms with Gasteiger partial charge in [-0.1, -0.05) is 35.6 Å². The van der Waals surface area contributed by atoms with E-state index in [4.69, 9.17) is 9.47 Å². The molecule has 0 atom stereocenters. The quantitative estimate of drug-likeness (QED) is 0.465. The summed E-state index contributed by atoms with van der Waals surface area (Å²) in [5, 5.41) is 10.5. The number of hydrogen-bond donors (Lipinski definition) is 2. The Kier molecular flexibility index (Phi) is 6.04. The van der Waals surface area contributed by atoms with Crippen LogP contribution in [0.1, 0.15) is 11.3 Å².